The fraction of sp³-hybridized carbons (Fsp3) is 0.917. The van der Waals surface area contributed by atoms with Crippen LogP contribution in [0.4, 0.5) is 0 Å². The molecule has 1 rings (SSSR count). The van der Waals surface area contributed by atoms with E-state index in [4.69, 9.17) is 5.73 Å². The van der Waals surface area contributed by atoms with E-state index in [9.17, 15) is 8.42 Å². The minimum atomic E-state index is -3.38. The van der Waals surface area contributed by atoms with Crippen LogP contribution in [0.1, 0.15) is 33.1 Å². The average Bonchev–Trinajstić information content (AvgIpc) is 2.35. The highest BCUT2D eigenvalue weighted by molar-refractivity contribution is 7.86. The molecule has 0 aliphatic carbocycles. The van der Waals surface area contributed by atoms with E-state index in [1.165, 1.54) is 4.31 Å². The number of nitrogens with zero attached hydrogens (tertiary/aromatic N) is 3. The number of piperidine rings is 1. The number of guanidine groups is 1. The summed E-state index contributed by atoms with van der Waals surface area (Å²) < 4.78 is 27.3. The lowest BCUT2D eigenvalue weighted by molar-refractivity contribution is 0.245. The Labute approximate surface area is 122 Å². The van der Waals surface area contributed by atoms with Gasteiger partial charge in [-0.25, -0.2) is 0 Å². The minimum Gasteiger partial charge on any atom is -0.370 e. The van der Waals surface area contributed by atoms with Gasteiger partial charge in [-0.3, -0.25) is 4.99 Å². The Bertz CT molecular complexity index is 433. The Balaban J connectivity index is 2.75. The maximum Gasteiger partial charge on any atom is 0.281 e. The van der Waals surface area contributed by atoms with Crippen LogP contribution < -0.4 is 11.1 Å². The zero-order valence-electron chi connectivity index (χ0n) is 12.8. The van der Waals surface area contributed by atoms with Gasteiger partial charge in [0.05, 0.1) is 6.54 Å². The van der Waals surface area contributed by atoms with Crippen LogP contribution in [0.25, 0.3) is 0 Å². The summed E-state index contributed by atoms with van der Waals surface area (Å²) in [4.78, 5) is 4.27. The Morgan fingerprint density at radius 1 is 1.45 bits per heavy atom. The summed E-state index contributed by atoms with van der Waals surface area (Å²) in [6.07, 6.45) is 2.75. The first-order valence-corrected chi connectivity index (χ1v) is 8.40. The Hall–Kier alpha value is -0.860. The van der Waals surface area contributed by atoms with Crippen LogP contribution >= 0.6 is 0 Å². The highest BCUT2D eigenvalue weighted by atomic mass is 32.2. The molecule has 8 heteroatoms. The van der Waals surface area contributed by atoms with Crippen molar-refractivity contribution in [3.8, 4) is 0 Å². The Morgan fingerprint density at radius 2 is 2.10 bits per heavy atom. The number of hydrogen-bond donors (Lipinski definition) is 2. The molecule has 1 aliphatic heterocycles. The molecule has 0 amide bonds. The van der Waals surface area contributed by atoms with Crippen LogP contribution in [-0.4, -0.2) is 62.3 Å². The molecule has 1 unspecified atom stereocenters. The summed E-state index contributed by atoms with van der Waals surface area (Å²) in [6, 6.07) is 0.107. The molecule has 20 heavy (non-hydrogen) atoms. The molecule has 0 aromatic rings. The standard InChI is InChI=1S/C12H27N5O2S/c1-10(2)15-12(13)14-9-11-7-5-6-8-17(11)20(18,19)16(3)4/h10-11H,5-9H2,1-4H3,(H3,13,14,15). The van der Waals surface area contributed by atoms with Crippen LogP contribution in [-0.2, 0) is 10.2 Å². The topological polar surface area (TPSA) is 91.0 Å². The number of hydrogen-bond acceptors (Lipinski definition) is 3. The normalized spacial score (nSPS) is 22.5. The van der Waals surface area contributed by atoms with Crippen molar-refractivity contribution < 1.29 is 8.42 Å². The molecule has 1 heterocycles. The monoisotopic (exact) mass is 305 g/mol. The van der Waals surface area contributed by atoms with Gasteiger partial charge in [-0.15, -0.1) is 0 Å². The smallest absolute Gasteiger partial charge is 0.281 e. The quantitative estimate of drug-likeness (QED) is 0.551. The van der Waals surface area contributed by atoms with E-state index in [2.05, 4.69) is 10.3 Å². The van der Waals surface area contributed by atoms with Gasteiger partial charge in [0, 0.05) is 32.7 Å². The van der Waals surface area contributed by atoms with E-state index >= 15 is 0 Å². The Kier molecular flexibility index (Phi) is 6.22. The maximum absolute atomic E-state index is 12.3. The van der Waals surface area contributed by atoms with Gasteiger partial charge in [-0.2, -0.15) is 17.0 Å². The van der Waals surface area contributed by atoms with Crippen molar-refractivity contribution in [2.45, 2.75) is 45.2 Å². The SMILES string of the molecule is CC(C)NC(N)=NCC1CCCCN1S(=O)(=O)N(C)C. The van der Waals surface area contributed by atoms with E-state index in [1.54, 1.807) is 18.4 Å². The molecule has 0 aromatic heterocycles. The van der Waals surface area contributed by atoms with Crippen molar-refractivity contribution in [2.75, 3.05) is 27.2 Å². The van der Waals surface area contributed by atoms with Gasteiger partial charge in [0.25, 0.3) is 10.2 Å². The average molecular weight is 305 g/mol. The van der Waals surface area contributed by atoms with Gasteiger partial charge in [-0.05, 0) is 26.7 Å². The number of aliphatic imine (C=N–C) groups is 1. The maximum atomic E-state index is 12.3. The lowest BCUT2D eigenvalue weighted by atomic mass is 10.1. The predicted octanol–water partition coefficient (Wildman–Crippen LogP) is -0.0400. The van der Waals surface area contributed by atoms with Crippen molar-refractivity contribution in [2.24, 2.45) is 10.7 Å². The van der Waals surface area contributed by atoms with Crippen LogP contribution in [0.15, 0.2) is 4.99 Å². The van der Waals surface area contributed by atoms with Gasteiger partial charge in [0.15, 0.2) is 5.96 Å². The third kappa shape index (κ3) is 4.60. The number of nitrogens with one attached hydrogen (secondary N) is 1. The van der Waals surface area contributed by atoms with Gasteiger partial charge >= 0.3 is 0 Å². The predicted molar refractivity (Wildman–Crippen MR) is 81.7 cm³/mol. The number of nitrogens with two attached hydrogens (primary N) is 1. The highest BCUT2D eigenvalue weighted by Crippen LogP contribution is 2.21. The molecule has 0 spiro atoms. The van der Waals surface area contributed by atoms with E-state index in [0.29, 0.717) is 19.0 Å². The number of rotatable bonds is 5. The second-order valence-corrected chi connectivity index (χ2v) is 7.67. The largest absolute Gasteiger partial charge is 0.370 e. The van der Waals surface area contributed by atoms with Crippen LogP contribution in [0.5, 0.6) is 0 Å². The molecule has 1 fully saturated rings. The van der Waals surface area contributed by atoms with Gasteiger partial charge in [0.2, 0.25) is 0 Å². The molecule has 7 nitrogen and oxygen atoms in total. The van der Waals surface area contributed by atoms with Crippen LogP contribution in [0.2, 0.25) is 0 Å². The summed E-state index contributed by atoms with van der Waals surface area (Å²) in [5.41, 5.74) is 5.77. The highest BCUT2D eigenvalue weighted by Gasteiger charge is 2.33. The molecule has 0 radical (unpaired) electrons. The summed E-state index contributed by atoms with van der Waals surface area (Å²) >= 11 is 0. The van der Waals surface area contributed by atoms with Crippen LogP contribution in [0, 0.1) is 0 Å². The summed E-state index contributed by atoms with van der Waals surface area (Å²) in [5.74, 6) is 0.368. The molecule has 1 atom stereocenters. The van der Waals surface area contributed by atoms with Crippen LogP contribution in [0.3, 0.4) is 0 Å². The lowest BCUT2D eigenvalue weighted by Gasteiger charge is -2.35. The molecule has 3 N–H and O–H groups in total. The zero-order chi connectivity index (χ0) is 15.3. The molecule has 0 aromatic carbocycles. The van der Waals surface area contributed by atoms with E-state index in [0.717, 1.165) is 19.3 Å². The van der Waals surface area contributed by atoms with Crippen molar-refractivity contribution in [1.82, 2.24) is 13.9 Å². The zero-order valence-corrected chi connectivity index (χ0v) is 13.7. The molecule has 0 saturated carbocycles. The fourth-order valence-corrected chi connectivity index (χ4v) is 3.54. The summed E-state index contributed by atoms with van der Waals surface area (Å²) in [7, 11) is -0.275. The minimum absolute atomic E-state index is 0.108. The van der Waals surface area contributed by atoms with Crippen molar-refractivity contribution in [3.63, 3.8) is 0 Å². The van der Waals surface area contributed by atoms with Crippen molar-refractivity contribution in [1.29, 1.82) is 0 Å². The van der Waals surface area contributed by atoms with E-state index in [1.807, 2.05) is 13.8 Å². The molecule has 1 aliphatic rings. The first-order valence-electron chi connectivity index (χ1n) is 7.01. The molecular weight excluding hydrogens is 278 g/mol. The molecule has 0 bridgehead atoms. The summed E-state index contributed by atoms with van der Waals surface area (Å²) in [5, 5.41) is 3.01. The molecular formula is C12H27N5O2S. The van der Waals surface area contributed by atoms with Crippen molar-refractivity contribution >= 4 is 16.2 Å². The van der Waals surface area contributed by atoms with Gasteiger partial charge < -0.3 is 11.1 Å². The second-order valence-electron chi connectivity index (χ2n) is 5.58. The van der Waals surface area contributed by atoms with E-state index in [-0.39, 0.29) is 12.1 Å². The summed E-state index contributed by atoms with van der Waals surface area (Å²) in [6.45, 7) is 4.91. The second kappa shape index (κ2) is 7.24. The van der Waals surface area contributed by atoms with Crippen molar-refractivity contribution in [3.05, 3.63) is 0 Å². The van der Waals surface area contributed by atoms with Gasteiger partial charge in [0.1, 0.15) is 0 Å². The first-order chi connectivity index (χ1) is 9.25. The third-order valence-electron chi connectivity index (χ3n) is 3.24. The van der Waals surface area contributed by atoms with E-state index < -0.39 is 10.2 Å². The molecule has 1 saturated heterocycles. The first kappa shape index (κ1) is 17.2. The van der Waals surface area contributed by atoms with Gasteiger partial charge in [-0.1, -0.05) is 6.42 Å². The molecule has 118 valence electrons. The fourth-order valence-electron chi connectivity index (χ4n) is 2.22. The lowest BCUT2D eigenvalue weighted by Crippen LogP contribution is -2.50. The Morgan fingerprint density at radius 3 is 2.65 bits per heavy atom. The third-order valence-corrected chi connectivity index (χ3v) is 5.24.